The molecule has 0 bridgehead atoms. The summed E-state index contributed by atoms with van der Waals surface area (Å²) in [6, 6.07) is 15.6. The first-order chi connectivity index (χ1) is 13.0. The van der Waals surface area contributed by atoms with E-state index in [0.717, 1.165) is 12.0 Å². The fraction of sp³-hybridized carbons (Fsp3) is 0.238. The number of nitrogens with zero attached hydrogens (tertiary/aromatic N) is 2. The average Bonchev–Trinajstić information content (AvgIpc) is 3.10. The number of hydrogen-bond acceptors (Lipinski definition) is 3. The molecule has 5 nitrogen and oxygen atoms in total. The number of aryl methyl sites for hydroxylation is 1. The van der Waals surface area contributed by atoms with Gasteiger partial charge in [0.1, 0.15) is 17.4 Å². The second-order valence-corrected chi connectivity index (χ2v) is 6.25. The van der Waals surface area contributed by atoms with Gasteiger partial charge in [0.05, 0.1) is 12.7 Å². The fourth-order valence-corrected chi connectivity index (χ4v) is 2.62. The molecule has 140 valence electrons. The van der Waals surface area contributed by atoms with E-state index >= 15 is 0 Å². The molecule has 3 rings (SSSR count). The Bertz CT molecular complexity index is 889. The molecule has 1 unspecified atom stereocenters. The second kappa shape index (κ2) is 8.49. The van der Waals surface area contributed by atoms with Crippen LogP contribution in [0.15, 0.2) is 60.8 Å². The van der Waals surface area contributed by atoms with E-state index in [1.54, 1.807) is 23.9 Å². The zero-order valence-electron chi connectivity index (χ0n) is 15.4. The average molecular weight is 367 g/mol. The van der Waals surface area contributed by atoms with E-state index in [-0.39, 0.29) is 11.7 Å². The summed E-state index contributed by atoms with van der Waals surface area (Å²) in [7, 11) is 0. The van der Waals surface area contributed by atoms with Gasteiger partial charge in [-0.15, -0.1) is 0 Å². The first-order valence-electron chi connectivity index (χ1n) is 8.88. The summed E-state index contributed by atoms with van der Waals surface area (Å²) in [5.74, 6) is 0.371. The third-order valence-corrected chi connectivity index (χ3v) is 4.23. The lowest BCUT2D eigenvalue weighted by atomic mass is 10.1. The van der Waals surface area contributed by atoms with Gasteiger partial charge in [-0.25, -0.2) is 9.07 Å². The number of aromatic nitrogens is 2. The number of benzene rings is 2. The first kappa shape index (κ1) is 18.6. The van der Waals surface area contributed by atoms with Gasteiger partial charge in [-0.3, -0.25) is 4.79 Å². The molecule has 0 aliphatic carbocycles. The number of anilines is 1. The highest BCUT2D eigenvalue weighted by Gasteiger charge is 2.17. The van der Waals surface area contributed by atoms with Crippen LogP contribution in [0.4, 0.5) is 10.2 Å². The van der Waals surface area contributed by atoms with Crippen LogP contribution in [0.1, 0.15) is 25.0 Å². The van der Waals surface area contributed by atoms with Crippen molar-refractivity contribution in [2.75, 3.05) is 5.32 Å². The lowest BCUT2D eigenvalue weighted by Crippen LogP contribution is -2.31. The molecule has 1 N–H and O–H groups in total. The molecule has 1 aromatic heterocycles. The number of carbonyl (C=O) groups is 1. The molecule has 0 aliphatic rings. The Morgan fingerprint density at radius 3 is 2.44 bits per heavy atom. The predicted octanol–water partition coefficient (Wildman–Crippen LogP) is 4.04. The molecule has 0 spiro atoms. The van der Waals surface area contributed by atoms with Crippen LogP contribution in [-0.4, -0.2) is 21.8 Å². The van der Waals surface area contributed by atoms with E-state index in [1.165, 1.54) is 29.8 Å². The molecule has 0 aliphatic heterocycles. The van der Waals surface area contributed by atoms with Gasteiger partial charge >= 0.3 is 0 Å². The smallest absolute Gasteiger partial charge is 0.266 e. The minimum absolute atomic E-state index is 0.303. The van der Waals surface area contributed by atoms with Gasteiger partial charge in [0.25, 0.3) is 5.91 Å². The van der Waals surface area contributed by atoms with Gasteiger partial charge in [0, 0.05) is 6.07 Å². The fourth-order valence-electron chi connectivity index (χ4n) is 2.62. The summed E-state index contributed by atoms with van der Waals surface area (Å²) >= 11 is 0. The summed E-state index contributed by atoms with van der Waals surface area (Å²) < 4.78 is 20.2. The van der Waals surface area contributed by atoms with Crippen molar-refractivity contribution in [3.05, 3.63) is 77.7 Å². The summed E-state index contributed by atoms with van der Waals surface area (Å²) in [6.45, 7) is 4.31. The number of ether oxygens (including phenoxy) is 1. The van der Waals surface area contributed by atoms with Gasteiger partial charge in [0.2, 0.25) is 0 Å². The summed E-state index contributed by atoms with van der Waals surface area (Å²) in [6.07, 6.45) is 1.90. The van der Waals surface area contributed by atoms with Crippen molar-refractivity contribution in [1.82, 2.24) is 9.78 Å². The summed E-state index contributed by atoms with van der Waals surface area (Å²) in [5, 5.41) is 7.11. The molecule has 1 atom stereocenters. The van der Waals surface area contributed by atoms with Gasteiger partial charge in [-0.05, 0) is 48.7 Å². The van der Waals surface area contributed by atoms with Crippen molar-refractivity contribution >= 4 is 11.7 Å². The largest absolute Gasteiger partial charge is 0.481 e. The first-order valence-corrected chi connectivity index (χ1v) is 8.88. The zero-order valence-corrected chi connectivity index (χ0v) is 15.4. The number of carbonyl (C=O) groups excluding carboxylic acids is 1. The maximum absolute atomic E-state index is 13.0. The number of amides is 1. The van der Waals surface area contributed by atoms with Crippen molar-refractivity contribution in [2.24, 2.45) is 0 Å². The highest BCUT2D eigenvalue weighted by Crippen LogP contribution is 2.15. The number of rotatable bonds is 7. The minimum atomic E-state index is -0.734. The Labute approximate surface area is 157 Å². The summed E-state index contributed by atoms with van der Waals surface area (Å²) in [5.41, 5.74) is 2.38. The number of hydrogen-bond donors (Lipinski definition) is 1. The van der Waals surface area contributed by atoms with Gasteiger partial charge in [-0.2, -0.15) is 5.10 Å². The summed E-state index contributed by atoms with van der Waals surface area (Å²) in [4.78, 5) is 12.4. The Morgan fingerprint density at radius 2 is 1.78 bits per heavy atom. The van der Waals surface area contributed by atoms with E-state index in [4.69, 9.17) is 4.74 Å². The van der Waals surface area contributed by atoms with Gasteiger partial charge in [-0.1, -0.05) is 31.2 Å². The third kappa shape index (κ3) is 4.94. The number of halogens is 1. The van der Waals surface area contributed by atoms with Crippen molar-refractivity contribution < 1.29 is 13.9 Å². The van der Waals surface area contributed by atoms with Crippen LogP contribution in [0.2, 0.25) is 0 Å². The quantitative estimate of drug-likeness (QED) is 0.686. The van der Waals surface area contributed by atoms with E-state index in [0.29, 0.717) is 18.1 Å². The highest BCUT2D eigenvalue weighted by molar-refractivity contribution is 5.93. The molecular formula is C21H22FN3O2. The van der Waals surface area contributed by atoms with E-state index in [1.807, 2.05) is 0 Å². The standard InChI is InChI=1S/C21H22FN3O2/c1-3-16-4-6-17(7-5-16)14-25-20(12-13-23-25)24-21(26)15(2)27-19-10-8-18(22)9-11-19/h4-13,15H,3,14H2,1-2H3,(H,24,26). The maximum atomic E-state index is 13.0. The van der Waals surface area contributed by atoms with Crippen LogP contribution in [-0.2, 0) is 17.8 Å². The van der Waals surface area contributed by atoms with Crippen LogP contribution in [0.25, 0.3) is 0 Å². The van der Waals surface area contributed by atoms with Gasteiger partial charge in [0.15, 0.2) is 6.10 Å². The second-order valence-electron chi connectivity index (χ2n) is 6.25. The highest BCUT2D eigenvalue weighted by atomic mass is 19.1. The van der Waals surface area contributed by atoms with Crippen molar-refractivity contribution in [1.29, 1.82) is 0 Å². The van der Waals surface area contributed by atoms with Crippen LogP contribution in [0.5, 0.6) is 5.75 Å². The molecule has 0 saturated carbocycles. The maximum Gasteiger partial charge on any atom is 0.266 e. The zero-order chi connectivity index (χ0) is 19.2. The van der Waals surface area contributed by atoms with Gasteiger partial charge < -0.3 is 10.1 Å². The van der Waals surface area contributed by atoms with Crippen LogP contribution < -0.4 is 10.1 Å². The van der Waals surface area contributed by atoms with Crippen LogP contribution in [0.3, 0.4) is 0 Å². The molecule has 1 heterocycles. The number of nitrogens with one attached hydrogen (secondary N) is 1. The molecule has 0 radical (unpaired) electrons. The monoisotopic (exact) mass is 367 g/mol. The molecule has 3 aromatic rings. The SMILES string of the molecule is CCc1ccc(Cn2nccc2NC(=O)C(C)Oc2ccc(F)cc2)cc1. The Balaban J connectivity index is 1.62. The molecule has 6 heteroatoms. The lowest BCUT2D eigenvalue weighted by molar-refractivity contribution is -0.122. The van der Waals surface area contributed by atoms with E-state index in [9.17, 15) is 9.18 Å². The van der Waals surface area contributed by atoms with Crippen molar-refractivity contribution in [3.63, 3.8) is 0 Å². The predicted molar refractivity (Wildman–Crippen MR) is 102 cm³/mol. The molecule has 0 fully saturated rings. The van der Waals surface area contributed by atoms with Crippen LogP contribution >= 0.6 is 0 Å². The molecule has 1 amide bonds. The van der Waals surface area contributed by atoms with Crippen molar-refractivity contribution in [3.8, 4) is 5.75 Å². The Hall–Kier alpha value is -3.15. The lowest BCUT2D eigenvalue weighted by Gasteiger charge is -2.15. The molecule has 27 heavy (non-hydrogen) atoms. The Morgan fingerprint density at radius 1 is 1.11 bits per heavy atom. The minimum Gasteiger partial charge on any atom is -0.481 e. The molecule has 0 saturated heterocycles. The van der Waals surface area contributed by atoms with E-state index < -0.39 is 6.10 Å². The molecular weight excluding hydrogens is 345 g/mol. The van der Waals surface area contributed by atoms with Crippen LogP contribution in [0, 0.1) is 5.82 Å². The topological polar surface area (TPSA) is 56.2 Å². The molecule has 2 aromatic carbocycles. The normalized spacial score (nSPS) is 11.8. The van der Waals surface area contributed by atoms with Crippen molar-refractivity contribution in [2.45, 2.75) is 32.9 Å². The van der Waals surface area contributed by atoms with E-state index in [2.05, 4.69) is 41.6 Å². The third-order valence-electron chi connectivity index (χ3n) is 4.23. The Kier molecular flexibility index (Phi) is 5.86.